The van der Waals surface area contributed by atoms with Crippen LogP contribution in [0.5, 0.6) is 5.75 Å². The third kappa shape index (κ3) is 1.86. The Balaban J connectivity index is 2.58. The Kier molecular flexibility index (Phi) is 2.76. The van der Waals surface area contributed by atoms with Gasteiger partial charge in [-0.15, -0.1) is 0 Å². The number of benzene rings is 1. The number of hydrogen-bond acceptors (Lipinski definition) is 1. The first-order chi connectivity index (χ1) is 7.78. The average Bonchev–Trinajstić information content (AvgIpc) is 2.48. The highest BCUT2D eigenvalue weighted by atomic mass is 16.5. The number of ether oxygens (including phenoxy) is 1. The van der Waals surface area contributed by atoms with Gasteiger partial charge in [0.05, 0.1) is 0 Å². The molecule has 94 valence electrons. The van der Waals surface area contributed by atoms with Gasteiger partial charge in [-0.1, -0.05) is 59.7 Å². The molecular weight excluding hydrogens is 208 g/mol. The van der Waals surface area contributed by atoms with E-state index in [2.05, 4.69) is 59.7 Å². The molecule has 1 heteroatoms. The second-order valence-electron chi connectivity index (χ2n) is 6.67. The lowest BCUT2D eigenvalue weighted by Crippen LogP contribution is -2.31. The summed E-state index contributed by atoms with van der Waals surface area (Å²) in [5.74, 6) is 1.14. The zero-order valence-corrected chi connectivity index (χ0v) is 11.9. The molecule has 1 aliphatic rings. The summed E-state index contributed by atoms with van der Waals surface area (Å²) in [4.78, 5) is 0. The van der Waals surface area contributed by atoms with Gasteiger partial charge in [0.25, 0.3) is 0 Å². The zero-order chi connectivity index (χ0) is 12.8. The second-order valence-corrected chi connectivity index (χ2v) is 6.67. The summed E-state index contributed by atoms with van der Waals surface area (Å²) < 4.78 is 6.23. The van der Waals surface area contributed by atoms with Crippen molar-refractivity contribution in [2.24, 2.45) is 0 Å². The van der Waals surface area contributed by atoms with E-state index in [-0.39, 0.29) is 10.8 Å². The summed E-state index contributed by atoms with van der Waals surface area (Å²) in [6, 6.07) is 6.59. The van der Waals surface area contributed by atoms with Crippen LogP contribution in [-0.4, -0.2) is 6.10 Å². The monoisotopic (exact) mass is 232 g/mol. The lowest BCUT2D eigenvalue weighted by Gasteiger charge is -2.24. The first kappa shape index (κ1) is 12.5. The molecule has 1 aliphatic heterocycles. The molecule has 0 bridgehead atoms. The Bertz CT molecular complexity index is 424. The van der Waals surface area contributed by atoms with Crippen molar-refractivity contribution in [1.29, 1.82) is 0 Å². The Morgan fingerprint density at radius 3 is 2.41 bits per heavy atom. The molecular formula is C16H24O. The van der Waals surface area contributed by atoms with Crippen molar-refractivity contribution in [2.75, 3.05) is 0 Å². The molecule has 0 saturated heterocycles. The largest absolute Gasteiger partial charge is 0.489 e. The molecule has 0 fully saturated rings. The fourth-order valence-corrected chi connectivity index (χ4v) is 2.82. The van der Waals surface area contributed by atoms with Crippen LogP contribution in [0.1, 0.15) is 59.1 Å². The maximum Gasteiger partial charge on any atom is 0.127 e. The van der Waals surface area contributed by atoms with Crippen molar-refractivity contribution in [1.82, 2.24) is 0 Å². The smallest absolute Gasteiger partial charge is 0.127 e. The van der Waals surface area contributed by atoms with Gasteiger partial charge in [-0.25, -0.2) is 0 Å². The molecule has 0 saturated carbocycles. The third-order valence-corrected chi connectivity index (χ3v) is 3.95. The summed E-state index contributed by atoms with van der Waals surface area (Å²) in [6.45, 7) is 13.5. The van der Waals surface area contributed by atoms with E-state index in [1.165, 1.54) is 11.1 Å². The first-order valence-corrected chi connectivity index (χ1v) is 6.59. The van der Waals surface area contributed by atoms with Gasteiger partial charge in [0, 0.05) is 11.0 Å². The predicted molar refractivity (Wildman–Crippen MR) is 72.9 cm³/mol. The van der Waals surface area contributed by atoms with Crippen molar-refractivity contribution in [3.63, 3.8) is 0 Å². The molecule has 1 aromatic carbocycles. The molecule has 0 N–H and O–H groups in total. The van der Waals surface area contributed by atoms with Gasteiger partial charge < -0.3 is 4.74 Å². The molecule has 0 aliphatic carbocycles. The molecule has 0 spiro atoms. The number of rotatable bonds is 1. The van der Waals surface area contributed by atoms with Crippen molar-refractivity contribution in [3.8, 4) is 5.75 Å². The lowest BCUT2D eigenvalue weighted by molar-refractivity contribution is 0.159. The predicted octanol–water partition coefficient (Wildman–Crippen LogP) is 4.43. The Hall–Kier alpha value is -0.980. The van der Waals surface area contributed by atoms with E-state index in [4.69, 9.17) is 4.74 Å². The molecule has 0 radical (unpaired) electrons. The normalized spacial score (nSPS) is 22.1. The van der Waals surface area contributed by atoms with Gasteiger partial charge >= 0.3 is 0 Å². The number of fused-ring (bicyclic) bond motifs is 1. The van der Waals surface area contributed by atoms with E-state index in [0.29, 0.717) is 6.10 Å². The number of para-hydroxylation sites is 1. The van der Waals surface area contributed by atoms with E-state index in [9.17, 15) is 0 Å². The Labute approximate surface area is 105 Å². The minimum atomic E-state index is 0.130. The van der Waals surface area contributed by atoms with Gasteiger partial charge in [-0.3, -0.25) is 0 Å². The van der Waals surface area contributed by atoms with Gasteiger partial charge in [-0.05, 0) is 17.4 Å². The fourth-order valence-electron chi connectivity index (χ4n) is 2.82. The van der Waals surface area contributed by atoms with E-state index >= 15 is 0 Å². The van der Waals surface area contributed by atoms with Crippen LogP contribution >= 0.6 is 0 Å². The first-order valence-electron chi connectivity index (χ1n) is 6.59. The quantitative estimate of drug-likeness (QED) is 0.696. The fraction of sp³-hybridized carbons (Fsp3) is 0.625. The van der Waals surface area contributed by atoms with Crippen molar-refractivity contribution in [2.45, 2.75) is 64.9 Å². The molecule has 2 rings (SSSR count). The highest BCUT2D eigenvalue weighted by Gasteiger charge is 2.42. The molecule has 1 heterocycles. The SMILES string of the molecule is CCC1Oc2c(C(C)(C)C)cccc2C1(C)C. The van der Waals surface area contributed by atoms with Crippen LogP contribution in [0.25, 0.3) is 0 Å². The summed E-state index contributed by atoms with van der Waals surface area (Å²) in [5, 5.41) is 0. The minimum Gasteiger partial charge on any atom is -0.489 e. The van der Waals surface area contributed by atoms with E-state index in [1.807, 2.05) is 0 Å². The molecule has 1 atom stereocenters. The zero-order valence-electron chi connectivity index (χ0n) is 11.9. The van der Waals surface area contributed by atoms with Crippen molar-refractivity contribution < 1.29 is 4.74 Å². The van der Waals surface area contributed by atoms with Crippen molar-refractivity contribution >= 4 is 0 Å². The summed E-state index contributed by atoms with van der Waals surface area (Å²) in [7, 11) is 0. The standard InChI is InChI=1S/C16H24O/c1-7-13-16(5,6)12-10-8-9-11(14(12)17-13)15(2,3)4/h8-10,13H,7H2,1-6H3. The third-order valence-electron chi connectivity index (χ3n) is 3.95. The van der Waals surface area contributed by atoms with Crippen LogP contribution in [0.4, 0.5) is 0 Å². The maximum absolute atomic E-state index is 6.23. The Morgan fingerprint density at radius 1 is 1.24 bits per heavy atom. The summed E-state index contributed by atoms with van der Waals surface area (Å²) >= 11 is 0. The molecule has 1 unspecified atom stereocenters. The molecule has 1 aromatic rings. The number of hydrogen-bond donors (Lipinski definition) is 0. The van der Waals surface area contributed by atoms with Gasteiger partial charge in [0.1, 0.15) is 11.9 Å². The highest BCUT2D eigenvalue weighted by Crippen LogP contribution is 2.48. The highest BCUT2D eigenvalue weighted by molar-refractivity contribution is 5.52. The minimum absolute atomic E-state index is 0.130. The summed E-state index contributed by atoms with van der Waals surface area (Å²) in [6.07, 6.45) is 1.37. The van der Waals surface area contributed by atoms with Crippen molar-refractivity contribution in [3.05, 3.63) is 29.3 Å². The molecule has 0 aromatic heterocycles. The van der Waals surface area contributed by atoms with E-state index < -0.39 is 0 Å². The Morgan fingerprint density at radius 2 is 1.88 bits per heavy atom. The topological polar surface area (TPSA) is 9.23 Å². The van der Waals surface area contributed by atoms with Crippen LogP contribution < -0.4 is 4.74 Å². The average molecular weight is 232 g/mol. The van der Waals surface area contributed by atoms with E-state index in [1.54, 1.807) is 0 Å². The van der Waals surface area contributed by atoms with Crippen LogP contribution in [0.3, 0.4) is 0 Å². The summed E-state index contributed by atoms with van der Waals surface area (Å²) in [5.41, 5.74) is 2.98. The van der Waals surface area contributed by atoms with Gasteiger partial charge in [-0.2, -0.15) is 0 Å². The second kappa shape index (κ2) is 3.76. The van der Waals surface area contributed by atoms with Crippen LogP contribution in [-0.2, 0) is 10.8 Å². The van der Waals surface area contributed by atoms with Crippen LogP contribution in [0.15, 0.2) is 18.2 Å². The maximum atomic E-state index is 6.23. The molecule has 0 amide bonds. The van der Waals surface area contributed by atoms with Crippen LogP contribution in [0, 0.1) is 0 Å². The van der Waals surface area contributed by atoms with Gasteiger partial charge in [0.15, 0.2) is 0 Å². The van der Waals surface area contributed by atoms with Crippen LogP contribution in [0.2, 0.25) is 0 Å². The molecule has 1 nitrogen and oxygen atoms in total. The van der Waals surface area contributed by atoms with E-state index in [0.717, 1.165) is 12.2 Å². The lowest BCUT2D eigenvalue weighted by atomic mass is 9.77. The molecule has 17 heavy (non-hydrogen) atoms. The van der Waals surface area contributed by atoms with Gasteiger partial charge in [0.2, 0.25) is 0 Å².